The predicted octanol–water partition coefficient (Wildman–Crippen LogP) is 2.10. The van der Waals surface area contributed by atoms with Crippen LogP contribution >= 0.6 is 0 Å². The lowest BCUT2D eigenvalue weighted by atomic mass is 10.1. The van der Waals surface area contributed by atoms with Crippen molar-refractivity contribution in [3.05, 3.63) is 30.6 Å². The Hall–Kier alpha value is -2.77. The van der Waals surface area contributed by atoms with Gasteiger partial charge in [-0.25, -0.2) is 19.9 Å². The van der Waals surface area contributed by atoms with Gasteiger partial charge in [0.15, 0.2) is 5.65 Å². The van der Waals surface area contributed by atoms with Crippen LogP contribution in [0.4, 0.5) is 11.6 Å². The quantitative estimate of drug-likeness (QED) is 0.753. The number of hydrogen-bond acceptors (Lipinski definition) is 7. The standard InChI is InChI=1S/C17H20N8/c1-2-12(22-14-5-6-18-15(23-14)11-3-4-11)9-25(7-1)17-13-8-21-24-16(13)19-10-20-17/h5-6,8,10-12H,1-4,7,9H2,(H,18,22,23)(H,19,20,21,24). The van der Waals surface area contributed by atoms with Crippen molar-refractivity contribution < 1.29 is 0 Å². The van der Waals surface area contributed by atoms with Gasteiger partial charge in [-0.05, 0) is 31.7 Å². The van der Waals surface area contributed by atoms with Gasteiger partial charge < -0.3 is 10.2 Å². The third-order valence-corrected chi connectivity index (χ3v) is 4.92. The Balaban J connectivity index is 1.34. The summed E-state index contributed by atoms with van der Waals surface area (Å²) in [6.45, 7) is 1.88. The molecule has 0 bridgehead atoms. The lowest BCUT2D eigenvalue weighted by Crippen LogP contribution is -2.42. The molecule has 2 aliphatic rings. The molecular weight excluding hydrogens is 316 g/mol. The van der Waals surface area contributed by atoms with Gasteiger partial charge in [-0.2, -0.15) is 5.10 Å². The van der Waals surface area contributed by atoms with Crippen molar-refractivity contribution >= 4 is 22.7 Å². The second-order valence-corrected chi connectivity index (χ2v) is 6.83. The number of aromatic nitrogens is 6. The van der Waals surface area contributed by atoms with E-state index < -0.39 is 0 Å². The summed E-state index contributed by atoms with van der Waals surface area (Å²) >= 11 is 0. The van der Waals surface area contributed by atoms with E-state index in [1.165, 1.54) is 12.8 Å². The zero-order valence-corrected chi connectivity index (χ0v) is 13.9. The van der Waals surface area contributed by atoms with Gasteiger partial charge in [-0.1, -0.05) is 0 Å². The van der Waals surface area contributed by atoms with E-state index in [1.54, 1.807) is 12.5 Å². The summed E-state index contributed by atoms with van der Waals surface area (Å²) in [6, 6.07) is 2.30. The molecule has 25 heavy (non-hydrogen) atoms. The Labute approximate surface area is 145 Å². The fourth-order valence-electron chi connectivity index (χ4n) is 3.49. The molecule has 0 aromatic carbocycles. The second-order valence-electron chi connectivity index (χ2n) is 6.83. The summed E-state index contributed by atoms with van der Waals surface area (Å²) in [5, 5.41) is 11.6. The van der Waals surface area contributed by atoms with Gasteiger partial charge in [0.25, 0.3) is 0 Å². The summed E-state index contributed by atoms with van der Waals surface area (Å²) in [5.74, 6) is 3.43. The molecule has 1 aliphatic heterocycles. The van der Waals surface area contributed by atoms with Crippen LogP contribution in [-0.2, 0) is 0 Å². The number of rotatable bonds is 4. The third kappa shape index (κ3) is 2.88. The molecule has 0 radical (unpaired) electrons. The molecule has 8 heteroatoms. The van der Waals surface area contributed by atoms with Gasteiger partial charge in [-0.15, -0.1) is 0 Å². The number of anilines is 2. The Morgan fingerprint density at radius 2 is 2.12 bits per heavy atom. The summed E-state index contributed by atoms with van der Waals surface area (Å²) < 4.78 is 0. The molecule has 2 N–H and O–H groups in total. The Bertz CT molecular complexity index is 887. The average Bonchev–Trinajstić information content (AvgIpc) is 3.39. The number of H-pyrrole nitrogens is 1. The lowest BCUT2D eigenvalue weighted by molar-refractivity contribution is 0.526. The maximum atomic E-state index is 4.69. The topological polar surface area (TPSA) is 95.5 Å². The van der Waals surface area contributed by atoms with E-state index in [0.717, 1.165) is 54.4 Å². The van der Waals surface area contributed by atoms with E-state index in [1.807, 2.05) is 12.3 Å². The number of aromatic amines is 1. The Morgan fingerprint density at radius 1 is 1.16 bits per heavy atom. The molecule has 1 saturated heterocycles. The molecule has 1 atom stereocenters. The highest BCUT2D eigenvalue weighted by atomic mass is 15.2. The summed E-state index contributed by atoms with van der Waals surface area (Å²) in [7, 11) is 0. The second kappa shape index (κ2) is 5.94. The molecule has 8 nitrogen and oxygen atoms in total. The minimum Gasteiger partial charge on any atom is -0.365 e. The van der Waals surface area contributed by atoms with Crippen molar-refractivity contribution in [2.75, 3.05) is 23.3 Å². The fourth-order valence-corrected chi connectivity index (χ4v) is 3.49. The van der Waals surface area contributed by atoms with Gasteiger partial charge in [0.2, 0.25) is 0 Å². The highest BCUT2D eigenvalue weighted by Gasteiger charge is 2.27. The normalized spacial score (nSPS) is 20.8. The SMILES string of the molecule is c1cc(NC2CCCN(c3ncnc4[nH]ncc34)C2)nc(C2CC2)n1. The molecule has 4 heterocycles. The van der Waals surface area contributed by atoms with Crippen molar-refractivity contribution in [1.82, 2.24) is 30.1 Å². The molecular formula is C17H20N8. The van der Waals surface area contributed by atoms with Crippen LogP contribution in [0, 0.1) is 0 Å². The summed E-state index contributed by atoms with van der Waals surface area (Å²) in [5.41, 5.74) is 0.782. The van der Waals surface area contributed by atoms with Crippen molar-refractivity contribution in [3.63, 3.8) is 0 Å². The van der Waals surface area contributed by atoms with Crippen molar-refractivity contribution in [3.8, 4) is 0 Å². The minimum absolute atomic E-state index is 0.340. The van der Waals surface area contributed by atoms with E-state index >= 15 is 0 Å². The zero-order valence-electron chi connectivity index (χ0n) is 13.9. The third-order valence-electron chi connectivity index (χ3n) is 4.92. The van der Waals surface area contributed by atoms with Crippen LogP contribution in [0.3, 0.4) is 0 Å². The largest absolute Gasteiger partial charge is 0.365 e. The van der Waals surface area contributed by atoms with Crippen molar-refractivity contribution in [2.45, 2.75) is 37.6 Å². The molecule has 0 spiro atoms. The first-order valence-electron chi connectivity index (χ1n) is 8.85. The fraction of sp³-hybridized carbons (Fsp3) is 0.471. The molecule has 0 amide bonds. The van der Waals surface area contributed by atoms with Gasteiger partial charge in [0.05, 0.1) is 11.6 Å². The Morgan fingerprint density at radius 3 is 3.04 bits per heavy atom. The monoisotopic (exact) mass is 336 g/mol. The molecule has 3 aromatic heterocycles. The predicted molar refractivity (Wildman–Crippen MR) is 94.5 cm³/mol. The molecule has 2 fully saturated rings. The van der Waals surface area contributed by atoms with Crippen LogP contribution in [0.15, 0.2) is 24.8 Å². The maximum absolute atomic E-state index is 4.69. The van der Waals surface area contributed by atoms with Crippen LogP contribution in [0.2, 0.25) is 0 Å². The summed E-state index contributed by atoms with van der Waals surface area (Å²) in [6.07, 6.45) is 9.93. The van der Waals surface area contributed by atoms with Crippen LogP contribution in [0.1, 0.15) is 37.4 Å². The van der Waals surface area contributed by atoms with Crippen LogP contribution in [-0.4, -0.2) is 49.3 Å². The van der Waals surface area contributed by atoms with Gasteiger partial charge >= 0.3 is 0 Å². The average molecular weight is 336 g/mol. The Kier molecular flexibility index (Phi) is 3.46. The molecule has 1 unspecified atom stereocenters. The van der Waals surface area contributed by atoms with Gasteiger partial charge in [0, 0.05) is 31.2 Å². The van der Waals surface area contributed by atoms with E-state index in [4.69, 9.17) is 0 Å². The van der Waals surface area contributed by atoms with Gasteiger partial charge in [-0.3, -0.25) is 5.10 Å². The number of piperidine rings is 1. The van der Waals surface area contributed by atoms with Crippen LogP contribution < -0.4 is 10.2 Å². The van der Waals surface area contributed by atoms with Crippen LogP contribution in [0.5, 0.6) is 0 Å². The molecule has 1 aliphatic carbocycles. The van der Waals surface area contributed by atoms with Crippen molar-refractivity contribution in [1.29, 1.82) is 0 Å². The number of nitrogens with one attached hydrogen (secondary N) is 2. The minimum atomic E-state index is 0.340. The van der Waals surface area contributed by atoms with Crippen molar-refractivity contribution in [2.24, 2.45) is 0 Å². The lowest BCUT2D eigenvalue weighted by Gasteiger charge is -2.34. The first-order chi connectivity index (χ1) is 12.4. The van der Waals surface area contributed by atoms with Crippen LogP contribution in [0.25, 0.3) is 11.0 Å². The van der Waals surface area contributed by atoms with E-state index in [0.29, 0.717) is 12.0 Å². The first kappa shape index (κ1) is 14.6. The number of hydrogen-bond donors (Lipinski definition) is 2. The molecule has 128 valence electrons. The highest BCUT2D eigenvalue weighted by molar-refractivity contribution is 5.86. The molecule has 1 saturated carbocycles. The van der Waals surface area contributed by atoms with Gasteiger partial charge in [0.1, 0.15) is 23.8 Å². The maximum Gasteiger partial charge on any atom is 0.160 e. The number of nitrogens with zero attached hydrogens (tertiary/aromatic N) is 6. The van der Waals surface area contributed by atoms with E-state index in [9.17, 15) is 0 Å². The highest BCUT2D eigenvalue weighted by Crippen LogP contribution is 2.38. The molecule has 5 rings (SSSR count). The summed E-state index contributed by atoms with van der Waals surface area (Å²) in [4.78, 5) is 20.1. The van der Waals surface area contributed by atoms with E-state index in [-0.39, 0.29) is 0 Å². The molecule has 3 aromatic rings. The zero-order chi connectivity index (χ0) is 16.6. The smallest absolute Gasteiger partial charge is 0.160 e. The first-order valence-corrected chi connectivity index (χ1v) is 8.85. The number of fused-ring (bicyclic) bond motifs is 1. The van der Waals surface area contributed by atoms with E-state index in [2.05, 4.69) is 40.3 Å².